The average molecular weight is 254 g/mol. The molecular weight excluding hydrogens is 232 g/mol. The summed E-state index contributed by atoms with van der Waals surface area (Å²) in [5.41, 5.74) is -1.93. The van der Waals surface area contributed by atoms with Crippen LogP contribution in [0.1, 0.15) is 45.4 Å². The standard InChI is InChI=1S/C13H22N2O3/c1-12(9-14,10-18-2)15-11(16)8-13(17)6-4-3-5-7-13/h17H,3-8,10H2,1-2H3,(H,15,16). The Morgan fingerprint density at radius 1 is 1.50 bits per heavy atom. The summed E-state index contributed by atoms with van der Waals surface area (Å²) in [5.74, 6) is -0.291. The van der Waals surface area contributed by atoms with Crippen LogP contribution < -0.4 is 5.32 Å². The number of amides is 1. The van der Waals surface area contributed by atoms with E-state index >= 15 is 0 Å². The summed E-state index contributed by atoms with van der Waals surface area (Å²) in [7, 11) is 1.48. The lowest BCUT2D eigenvalue weighted by Gasteiger charge is -2.32. The molecule has 1 rings (SSSR count). The van der Waals surface area contributed by atoms with E-state index in [0.29, 0.717) is 12.8 Å². The van der Waals surface area contributed by atoms with E-state index < -0.39 is 11.1 Å². The van der Waals surface area contributed by atoms with Crippen LogP contribution in [-0.4, -0.2) is 35.9 Å². The lowest BCUT2D eigenvalue weighted by Crippen LogP contribution is -2.50. The number of hydrogen-bond acceptors (Lipinski definition) is 4. The van der Waals surface area contributed by atoms with E-state index in [-0.39, 0.29) is 18.9 Å². The third kappa shape index (κ3) is 4.28. The van der Waals surface area contributed by atoms with Crippen LogP contribution in [0.3, 0.4) is 0 Å². The number of aliphatic hydroxyl groups is 1. The maximum Gasteiger partial charge on any atom is 0.224 e. The number of methoxy groups -OCH3 is 1. The second kappa shape index (κ2) is 6.17. The highest BCUT2D eigenvalue weighted by atomic mass is 16.5. The van der Waals surface area contributed by atoms with Crippen molar-refractivity contribution >= 4 is 5.91 Å². The molecule has 0 aromatic carbocycles. The normalized spacial score (nSPS) is 21.7. The van der Waals surface area contributed by atoms with Gasteiger partial charge in [0.05, 0.1) is 24.7 Å². The molecular formula is C13H22N2O3. The summed E-state index contributed by atoms with van der Waals surface area (Å²) in [4.78, 5) is 11.9. The van der Waals surface area contributed by atoms with Crippen molar-refractivity contribution in [1.29, 1.82) is 5.26 Å². The molecule has 5 nitrogen and oxygen atoms in total. The van der Waals surface area contributed by atoms with Crippen molar-refractivity contribution in [2.75, 3.05) is 13.7 Å². The molecule has 0 spiro atoms. The van der Waals surface area contributed by atoms with Crippen molar-refractivity contribution in [3.05, 3.63) is 0 Å². The van der Waals surface area contributed by atoms with Crippen molar-refractivity contribution in [1.82, 2.24) is 5.32 Å². The van der Waals surface area contributed by atoms with Crippen LogP contribution >= 0.6 is 0 Å². The van der Waals surface area contributed by atoms with Crippen molar-refractivity contribution in [3.63, 3.8) is 0 Å². The highest BCUT2D eigenvalue weighted by Gasteiger charge is 2.34. The predicted octanol–water partition coefficient (Wildman–Crippen LogP) is 1.12. The third-order valence-electron chi connectivity index (χ3n) is 3.37. The number of hydrogen-bond donors (Lipinski definition) is 2. The van der Waals surface area contributed by atoms with Crippen LogP contribution in [-0.2, 0) is 9.53 Å². The smallest absolute Gasteiger partial charge is 0.224 e. The van der Waals surface area contributed by atoms with Gasteiger partial charge in [0.15, 0.2) is 0 Å². The van der Waals surface area contributed by atoms with Gasteiger partial charge in [-0.25, -0.2) is 0 Å². The van der Waals surface area contributed by atoms with Crippen molar-refractivity contribution < 1.29 is 14.6 Å². The van der Waals surface area contributed by atoms with Crippen molar-refractivity contribution in [2.45, 2.75) is 56.6 Å². The molecule has 0 radical (unpaired) electrons. The van der Waals surface area contributed by atoms with E-state index in [9.17, 15) is 9.90 Å². The van der Waals surface area contributed by atoms with Crippen LogP contribution in [0.2, 0.25) is 0 Å². The van der Waals surface area contributed by atoms with Gasteiger partial charge in [-0.05, 0) is 19.8 Å². The fourth-order valence-corrected chi connectivity index (χ4v) is 2.42. The number of carbonyl (C=O) groups is 1. The van der Waals surface area contributed by atoms with Gasteiger partial charge in [-0.1, -0.05) is 19.3 Å². The Labute approximate surface area is 108 Å². The topological polar surface area (TPSA) is 82.3 Å². The number of nitriles is 1. The number of rotatable bonds is 5. The van der Waals surface area contributed by atoms with E-state index in [0.717, 1.165) is 19.3 Å². The average Bonchev–Trinajstić information content (AvgIpc) is 2.29. The molecule has 18 heavy (non-hydrogen) atoms. The Bertz CT molecular complexity index is 332. The van der Waals surface area contributed by atoms with E-state index in [1.165, 1.54) is 7.11 Å². The van der Waals surface area contributed by atoms with Crippen LogP contribution in [0, 0.1) is 11.3 Å². The molecule has 0 bridgehead atoms. The molecule has 0 aromatic rings. The molecule has 0 aliphatic heterocycles. The molecule has 0 heterocycles. The summed E-state index contributed by atoms with van der Waals surface area (Å²) < 4.78 is 4.91. The first-order valence-electron chi connectivity index (χ1n) is 6.37. The van der Waals surface area contributed by atoms with E-state index in [4.69, 9.17) is 10.00 Å². The molecule has 1 aliphatic carbocycles. The molecule has 0 aromatic heterocycles. The lowest BCUT2D eigenvalue weighted by atomic mass is 9.82. The van der Waals surface area contributed by atoms with Crippen molar-refractivity contribution in [3.8, 4) is 6.07 Å². The first kappa shape index (κ1) is 14.9. The Morgan fingerprint density at radius 2 is 2.11 bits per heavy atom. The Hall–Kier alpha value is -1.12. The zero-order chi connectivity index (χ0) is 13.6. The SMILES string of the molecule is COCC(C)(C#N)NC(=O)CC1(O)CCCCC1. The molecule has 1 atom stereocenters. The van der Waals surface area contributed by atoms with Crippen molar-refractivity contribution in [2.24, 2.45) is 0 Å². The molecule has 2 N–H and O–H groups in total. The summed E-state index contributed by atoms with van der Waals surface area (Å²) >= 11 is 0. The van der Waals surface area contributed by atoms with Crippen LogP contribution in [0.25, 0.3) is 0 Å². The zero-order valence-electron chi connectivity index (χ0n) is 11.2. The van der Waals surface area contributed by atoms with Crippen LogP contribution in [0.4, 0.5) is 0 Å². The molecule has 5 heteroatoms. The molecule has 1 amide bonds. The second-order valence-corrected chi connectivity index (χ2v) is 5.39. The summed E-state index contributed by atoms with van der Waals surface area (Å²) in [6, 6.07) is 2.02. The first-order valence-corrected chi connectivity index (χ1v) is 6.37. The molecule has 102 valence electrons. The summed E-state index contributed by atoms with van der Waals surface area (Å²) in [5, 5.41) is 21.9. The van der Waals surface area contributed by atoms with Gasteiger partial charge in [0.1, 0.15) is 5.54 Å². The van der Waals surface area contributed by atoms with E-state index in [1.807, 2.05) is 6.07 Å². The third-order valence-corrected chi connectivity index (χ3v) is 3.37. The molecule has 1 saturated carbocycles. The minimum absolute atomic E-state index is 0.0635. The van der Waals surface area contributed by atoms with E-state index in [1.54, 1.807) is 6.92 Å². The highest BCUT2D eigenvalue weighted by Crippen LogP contribution is 2.30. The maximum atomic E-state index is 11.9. The predicted molar refractivity (Wildman–Crippen MR) is 66.7 cm³/mol. The Balaban J connectivity index is 2.52. The summed E-state index contributed by atoms with van der Waals surface area (Å²) in [6.45, 7) is 1.74. The second-order valence-electron chi connectivity index (χ2n) is 5.39. The van der Waals surface area contributed by atoms with Crippen LogP contribution in [0.5, 0.6) is 0 Å². The van der Waals surface area contributed by atoms with Gasteiger partial charge < -0.3 is 15.2 Å². The molecule has 1 unspecified atom stereocenters. The lowest BCUT2D eigenvalue weighted by molar-refractivity contribution is -0.129. The van der Waals surface area contributed by atoms with E-state index in [2.05, 4.69) is 5.32 Å². The van der Waals surface area contributed by atoms with Gasteiger partial charge in [-0.15, -0.1) is 0 Å². The number of nitrogens with zero attached hydrogens (tertiary/aromatic N) is 1. The fraction of sp³-hybridized carbons (Fsp3) is 0.846. The molecule has 1 fully saturated rings. The van der Waals surface area contributed by atoms with Gasteiger partial charge in [0.25, 0.3) is 0 Å². The minimum Gasteiger partial charge on any atom is -0.389 e. The highest BCUT2D eigenvalue weighted by molar-refractivity contribution is 5.78. The number of nitrogens with one attached hydrogen (secondary N) is 1. The first-order chi connectivity index (χ1) is 8.43. The van der Waals surface area contributed by atoms with Gasteiger partial charge in [-0.3, -0.25) is 4.79 Å². The minimum atomic E-state index is -1.03. The van der Waals surface area contributed by atoms with Gasteiger partial charge in [-0.2, -0.15) is 5.26 Å². The van der Waals surface area contributed by atoms with Gasteiger partial charge in [0, 0.05) is 7.11 Å². The number of ether oxygens (including phenoxy) is 1. The molecule has 0 saturated heterocycles. The monoisotopic (exact) mass is 254 g/mol. The zero-order valence-corrected chi connectivity index (χ0v) is 11.2. The number of carbonyl (C=O) groups excluding carboxylic acids is 1. The Morgan fingerprint density at radius 3 is 2.61 bits per heavy atom. The largest absolute Gasteiger partial charge is 0.389 e. The quantitative estimate of drug-likeness (QED) is 0.770. The fourth-order valence-electron chi connectivity index (χ4n) is 2.42. The van der Waals surface area contributed by atoms with Gasteiger partial charge >= 0.3 is 0 Å². The van der Waals surface area contributed by atoms with Gasteiger partial charge in [0.2, 0.25) is 5.91 Å². The molecule has 1 aliphatic rings. The Kier molecular flexibility index (Phi) is 5.12. The van der Waals surface area contributed by atoms with Crippen LogP contribution in [0.15, 0.2) is 0 Å². The summed E-state index contributed by atoms with van der Waals surface area (Å²) in [6.07, 6.45) is 4.41. The maximum absolute atomic E-state index is 11.9.